The fourth-order valence-corrected chi connectivity index (χ4v) is 4.30. The predicted octanol–water partition coefficient (Wildman–Crippen LogP) is 0.972. The van der Waals surface area contributed by atoms with Gasteiger partial charge in [0.05, 0.1) is 10.6 Å². The Morgan fingerprint density at radius 3 is 2.19 bits per heavy atom. The molecule has 1 aliphatic carbocycles. The Bertz CT molecular complexity index is 692. The van der Waals surface area contributed by atoms with E-state index in [9.17, 15) is 16.8 Å². The van der Waals surface area contributed by atoms with Gasteiger partial charge in [-0.15, -0.1) is 0 Å². The highest BCUT2D eigenvalue weighted by Gasteiger charge is 2.27. The quantitative estimate of drug-likeness (QED) is 0.776. The van der Waals surface area contributed by atoms with E-state index in [1.54, 1.807) is 19.1 Å². The predicted molar refractivity (Wildman–Crippen MR) is 82.6 cm³/mol. The second kappa shape index (κ2) is 5.94. The second-order valence-corrected chi connectivity index (χ2v) is 9.46. The zero-order valence-corrected chi connectivity index (χ0v) is 13.7. The second-order valence-electron chi connectivity index (χ2n) is 5.56. The first-order valence-corrected chi connectivity index (χ1v) is 10.3. The number of anilines is 1. The third kappa shape index (κ3) is 5.29. The lowest BCUT2D eigenvalue weighted by atomic mass is 10.3. The zero-order chi connectivity index (χ0) is 15.7. The van der Waals surface area contributed by atoms with Crippen molar-refractivity contribution in [2.24, 2.45) is 0 Å². The van der Waals surface area contributed by atoms with E-state index in [1.807, 2.05) is 0 Å². The molecular weight excluding hydrogens is 312 g/mol. The molecule has 8 heteroatoms. The minimum absolute atomic E-state index is 0.0241. The number of nitrogens with one attached hydrogen (secondary N) is 2. The number of hydrogen-bond acceptors (Lipinski definition) is 5. The molecule has 0 amide bonds. The number of hydrogen-bond donors (Lipinski definition) is 2. The van der Waals surface area contributed by atoms with Gasteiger partial charge in [0.25, 0.3) is 0 Å². The Morgan fingerprint density at radius 1 is 1.14 bits per heavy atom. The fourth-order valence-electron chi connectivity index (χ4n) is 2.00. The molecule has 1 aromatic rings. The third-order valence-electron chi connectivity index (χ3n) is 3.03. The van der Waals surface area contributed by atoms with Gasteiger partial charge in [-0.3, -0.25) is 0 Å². The van der Waals surface area contributed by atoms with Crippen LogP contribution in [0.25, 0.3) is 0 Å². The molecule has 0 aliphatic heterocycles. The van der Waals surface area contributed by atoms with Gasteiger partial charge in [0.1, 0.15) is 9.84 Å². The van der Waals surface area contributed by atoms with Crippen molar-refractivity contribution in [3.8, 4) is 0 Å². The van der Waals surface area contributed by atoms with E-state index in [1.165, 1.54) is 18.4 Å². The van der Waals surface area contributed by atoms with Gasteiger partial charge in [-0.1, -0.05) is 0 Å². The molecule has 0 bridgehead atoms. The van der Waals surface area contributed by atoms with Crippen LogP contribution in [0.1, 0.15) is 19.8 Å². The van der Waals surface area contributed by atoms with Crippen LogP contribution >= 0.6 is 0 Å². The first-order chi connectivity index (χ1) is 9.66. The van der Waals surface area contributed by atoms with Gasteiger partial charge < -0.3 is 5.32 Å². The van der Waals surface area contributed by atoms with E-state index in [4.69, 9.17) is 0 Å². The lowest BCUT2D eigenvalue weighted by molar-refractivity contribution is 0.581. The topological polar surface area (TPSA) is 92.3 Å². The Morgan fingerprint density at radius 2 is 1.71 bits per heavy atom. The molecule has 1 aliphatic rings. The number of sulfone groups is 1. The first kappa shape index (κ1) is 16.3. The molecule has 1 saturated carbocycles. The SMILES string of the molecule is CC(CS(C)(=O)=O)Nc1ccc(S(=O)(=O)NC2CC2)cc1. The van der Waals surface area contributed by atoms with E-state index in [0.29, 0.717) is 5.69 Å². The average Bonchev–Trinajstić information content (AvgIpc) is 3.10. The Balaban J connectivity index is 2.01. The Kier molecular flexibility index (Phi) is 4.60. The summed E-state index contributed by atoms with van der Waals surface area (Å²) in [5, 5.41) is 3.04. The molecule has 21 heavy (non-hydrogen) atoms. The molecular formula is C13H20N2O4S2. The summed E-state index contributed by atoms with van der Waals surface area (Å²) in [7, 11) is -6.49. The molecule has 118 valence electrons. The minimum Gasteiger partial charge on any atom is -0.382 e. The van der Waals surface area contributed by atoms with E-state index in [0.717, 1.165) is 12.8 Å². The summed E-state index contributed by atoms with van der Waals surface area (Å²) >= 11 is 0. The van der Waals surface area contributed by atoms with E-state index >= 15 is 0 Å². The van der Waals surface area contributed by atoms with Crippen molar-refractivity contribution in [2.45, 2.75) is 36.7 Å². The van der Waals surface area contributed by atoms with Crippen molar-refractivity contribution in [1.82, 2.24) is 4.72 Å². The highest BCUT2D eigenvalue weighted by Crippen LogP contribution is 2.22. The highest BCUT2D eigenvalue weighted by atomic mass is 32.2. The summed E-state index contributed by atoms with van der Waals surface area (Å²) in [5.74, 6) is 0.0241. The molecule has 0 spiro atoms. The van der Waals surface area contributed by atoms with Gasteiger partial charge >= 0.3 is 0 Å². The minimum atomic E-state index is -3.44. The van der Waals surface area contributed by atoms with Crippen LogP contribution in [0.4, 0.5) is 5.69 Å². The van der Waals surface area contributed by atoms with Crippen molar-refractivity contribution < 1.29 is 16.8 Å². The van der Waals surface area contributed by atoms with Crippen LogP contribution in [-0.4, -0.2) is 40.9 Å². The summed E-state index contributed by atoms with van der Waals surface area (Å²) in [6, 6.07) is 6.13. The lowest BCUT2D eigenvalue weighted by Gasteiger charge is -2.14. The van der Waals surface area contributed by atoms with Crippen LogP contribution in [0, 0.1) is 0 Å². The molecule has 0 saturated heterocycles. The number of sulfonamides is 1. The van der Waals surface area contributed by atoms with Crippen molar-refractivity contribution in [3.63, 3.8) is 0 Å². The molecule has 1 fully saturated rings. The van der Waals surface area contributed by atoms with Gasteiger partial charge in [0.15, 0.2) is 0 Å². The molecule has 2 N–H and O–H groups in total. The standard InChI is InChI=1S/C13H20N2O4S2/c1-10(9-20(2,16)17)14-11-5-7-13(8-6-11)21(18,19)15-12-3-4-12/h5-8,10,12,14-15H,3-4,9H2,1-2H3. The monoisotopic (exact) mass is 332 g/mol. The Hall–Kier alpha value is -1.12. The molecule has 0 aromatic heterocycles. The molecule has 1 unspecified atom stereocenters. The fraction of sp³-hybridized carbons (Fsp3) is 0.538. The van der Waals surface area contributed by atoms with Crippen LogP contribution in [0.5, 0.6) is 0 Å². The van der Waals surface area contributed by atoms with Gasteiger partial charge in [-0.05, 0) is 44.0 Å². The zero-order valence-electron chi connectivity index (χ0n) is 12.0. The summed E-state index contributed by atoms with van der Waals surface area (Å²) < 4.78 is 49.0. The number of rotatable bonds is 7. The van der Waals surface area contributed by atoms with Crippen molar-refractivity contribution in [3.05, 3.63) is 24.3 Å². The molecule has 1 aromatic carbocycles. The van der Waals surface area contributed by atoms with E-state index in [-0.39, 0.29) is 22.7 Å². The van der Waals surface area contributed by atoms with Crippen LogP contribution < -0.4 is 10.0 Å². The average molecular weight is 332 g/mol. The van der Waals surface area contributed by atoms with Crippen molar-refractivity contribution >= 4 is 25.5 Å². The van der Waals surface area contributed by atoms with E-state index < -0.39 is 19.9 Å². The van der Waals surface area contributed by atoms with Crippen LogP contribution in [0.15, 0.2) is 29.2 Å². The highest BCUT2D eigenvalue weighted by molar-refractivity contribution is 7.90. The maximum absolute atomic E-state index is 12.0. The largest absolute Gasteiger partial charge is 0.382 e. The molecule has 1 atom stereocenters. The summed E-state index contributed by atoms with van der Waals surface area (Å²) in [5.41, 5.74) is 0.691. The van der Waals surface area contributed by atoms with Gasteiger partial charge in [-0.25, -0.2) is 21.6 Å². The smallest absolute Gasteiger partial charge is 0.240 e. The normalized spacial score (nSPS) is 17.4. The third-order valence-corrected chi connectivity index (χ3v) is 5.67. The van der Waals surface area contributed by atoms with Gasteiger partial charge in [-0.2, -0.15) is 0 Å². The van der Waals surface area contributed by atoms with Gasteiger partial charge in [0.2, 0.25) is 10.0 Å². The Labute approximate surface area is 125 Å². The van der Waals surface area contributed by atoms with Crippen molar-refractivity contribution in [1.29, 1.82) is 0 Å². The summed E-state index contributed by atoms with van der Waals surface area (Å²) in [6.45, 7) is 1.76. The van der Waals surface area contributed by atoms with Crippen LogP contribution in [-0.2, 0) is 19.9 Å². The first-order valence-electron chi connectivity index (χ1n) is 6.72. The maximum atomic E-state index is 12.0. The van der Waals surface area contributed by atoms with Gasteiger partial charge in [0, 0.05) is 24.0 Å². The van der Waals surface area contributed by atoms with Crippen LogP contribution in [0.2, 0.25) is 0 Å². The molecule has 6 nitrogen and oxygen atoms in total. The molecule has 2 rings (SSSR count). The summed E-state index contributed by atoms with van der Waals surface area (Å²) in [6.07, 6.45) is 2.97. The maximum Gasteiger partial charge on any atom is 0.240 e. The van der Waals surface area contributed by atoms with Crippen molar-refractivity contribution in [2.75, 3.05) is 17.3 Å². The molecule has 0 heterocycles. The number of benzene rings is 1. The van der Waals surface area contributed by atoms with E-state index in [2.05, 4.69) is 10.0 Å². The van der Waals surface area contributed by atoms with Crippen LogP contribution in [0.3, 0.4) is 0 Å². The molecule has 0 radical (unpaired) electrons. The summed E-state index contributed by atoms with van der Waals surface area (Å²) in [4.78, 5) is 0.218. The lowest BCUT2D eigenvalue weighted by Crippen LogP contribution is -2.26.